The lowest BCUT2D eigenvalue weighted by Gasteiger charge is -2.08. The van der Waals surface area contributed by atoms with Crippen molar-refractivity contribution in [1.82, 2.24) is 10.6 Å². The first-order valence-corrected chi connectivity index (χ1v) is 8.41. The molecule has 7 heteroatoms. The minimum Gasteiger partial charge on any atom is -0.423 e. The van der Waals surface area contributed by atoms with E-state index in [0.717, 1.165) is 19.3 Å². The summed E-state index contributed by atoms with van der Waals surface area (Å²) in [5, 5.41) is 23.7. The number of amides is 2. The second kappa shape index (κ2) is 10.8. The highest BCUT2D eigenvalue weighted by Crippen LogP contribution is 2.00. The Hall–Kier alpha value is -1.86. The summed E-state index contributed by atoms with van der Waals surface area (Å²) in [6.07, 6.45) is 2.91. The molecule has 0 unspecified atom stereocenters. The molecule has 0 aliphatic rings. The molecule has 0 spiro atoms. The molecule has 0 bridgehead atoms. The standard InChI is InChI=1S/C17H27BN2O4/c1-13(2)10-12-19-16(21)5-3-4-11-20-17(22)14-6-8-15(9-7-14)18(23)24/h6-9,13,23-24H,3-5,10-12H2,1-2H3,(H,19,21)(H,20,22). The third kappa shape index (κ3) is 8.13. The Balaban J connectivity index is 2.16. The van der Waals surface area contributed by atoms with E-state index in [9.17, 15) is 9.59 Å². The Morgan fingerprint density at radius 1 is 1.04 bits per heavy atom. The quantitative estimate of drug-likeness (QED) is 0.368. The maximum absolute atomic E-state index is 11.9. The van der Waals surface area contributed by atoms with Gasteiger partial charge < -0.3 is 20.7 Å². The minimum atomic E-state index is -1.53. The van der Waals surface area contributed by atoms with E-state index >= 15 is 0 Å². The van der Waals surface area contributed by atoms with Crippen molar-refractivity contribution >= 4 is 24.4 Å². The van der Waals surface area contributed by atoms with Crippen molar-refractivity contribution in [1.29, 1.82) is 0 Å². The number of carbonyl (C=O) groups excluding carboxylic acids is 2. The van der Waals surface area contributed by atoms with Crippen LogP contribution in [0, 0.1) is 5.92 Å². The van der Waals surface area contributed by atoms with Crippen LogP contribution >= 0.6 is 0 Å². The number of rotatable bonds is 10. The van der Waals surface area contributed by atoms with Crippen LogP contribution < -0.4 is 16.1 Å². The smallest absolute Gasteiger partial charge is 0.423 e. The van der Waals surface area contributed by atoms with E-state index in [1.165, 1.54) is 12.1 Å². The molecule has 0 heterocycles. The molecule has 0 aromatic heterocycles. The molecule has 0 radical (unpaired) electrons. The summed E-state index contributed by atoms with van der Waals surface area (Å²) in [4.78, 5) is 23.5. The Kier molecular flexibility index (Phi) is 9.11. The van der Waals surface area contributed by atoms with Crippen molar-refractivity contribution in [2.24, 2.45) is 5.92 Å². The van der Waals surface area contributed by atoms with Crippen molar-refractivity contribution in [2.45, 2.75) is 39.5 Å². The van der Waals surface area contributed by atoms with Gasteiger partial charge in [-0.2, -0.15) is 0 Å². The molecule has 0 saturated carbocycles. The van der Waals surface area contributed by atoms with E-state index in [2.05, 4.69) is 24.5 Å². The molecule has 132 valence electrons. The van der Waals surface area contributed by atoms with Crippen LogP contribution in [0.2, 0.25) is 0 Å². The minimum absolute atomic E-state index is 0.0557. The highest BCUT2D eigenvalue weighted by Gasteiger charge is 2.11. The average Bonchev–Trinajstić information content (AvgIpc) is 2.54. The fourth-order valence-corrected chi connectivity index (χ4v) is 2.11. The number of hydrogen-bond donors (Lipinski definition) is 4. The van der Waals surface area contributed by atoms with Gasteiger partial charge >= 0.3 is 7.12 Å². The maximum atomic E-state index is 11.9. The number of unbranched alkanes of at least 4 members (excludes halogenated alkanes) is 1. The first-order valence-electron chi connectivity index (χ1n) is 8.41. The van der Waals surface area contributed by atoms with Gasteiger partial charge in [-0.05, 0) is 42.8 Å². The third-order valence-electron chi connectivity index (χ3n) is 3.63. The summed E-state index contributed by atoms with van der Waals surface area (Å²) in [6, 6.07) is 6.10. The SMILES string of the molecule is CC(C)CCNC(=O)CCCCNC(=O)c1ccc(B(O)O)cc1. The van der Waals surface area contributed by atoms with Gasteiger partial charge in [0.15, 0.2) is 0 Å². The van der Waals surface area contributed by atoms with E-state index in [1.54, 1.807) is 12.1 Å². The molecule has 6 nitrogen and oxygen atoms in total. The molecule has 0 atom stereocenters. The Morgan fingerprint density at radius 3 is 2.29 bits per heavy atom. The third-order valence-corrected chi connectivity index (χ3v) is 3.63. The van der Waals surface area contributed by atoms with Gasteiger partial charge in [0.2, 0.25) is 5.91 Å². The molecule has 1 aromatic rings. The van der Waals surface area contributed by atoms with Crippen molar-refractivity contribution in [3.8, 4) is 0 Å². The van der Waals surface area contributed by atoms with Crippen molar-refractivity contribution in [3.05, 3.63) is 29.8 Å². The van der Waals surface area contributed by atoms with E-state index < -0.39 is 7.12 Å². The first-order chi connectivity index (χ1) is 11.4. The Morgan fingerprint density at radius 2 is 1.71 bits per heavy atom. The van der Waals surface area contributed by atoms with Crippen LogP contribution in [0.25, 0.3) is 0 Å². The summed E-state index contributed by atoms with van der Waals surface area (Å²) in [5.74, 6) is 0.422. The molecule has 0 fully saturated rings. The molecule has 0 saturated heterocycles. The van der Waals surface area contributed by atoms with Crippen LogP contribution in [0.4, 0.5) is 0 Å². The summed E-state index contributed by atoms with van der Waals surface area (Å²) in [5.41, 5.74) is 0.806. The highest BCUT2D eigenvalue weighted by molar-refractivity contribution is 6.58. The predicted octanol–water partition coefficient (Wildman–Crippen LogP) is 0.429. The monoisotopic (exact) mass is 334 g/mol. The lowest BCUT2D eigenvalue weighted by atomic mass is 9.80. The van der Waals surface area contributed by atoms with Gasteiger partial charge in [-0.15, -0.1) is 0 Å². The van der Waals surface area contributed by atoms with Crippen molar-refractivity contribution in [3.63, 3.8) is 0 Å². The molecule has 0 aliphatic carbocycles. The number of hydrogen-bond acceptors (Lipinski definition) is 4. The average molecular weight is 334 g/mol. The molecule has 24 heavy (non-hydrogen) atoms. The van der Waals surface area contributed by atoms with E-state index in [1.807, 2.05) is 0 Å². The van der Waals surface area contributed by atoms with E-state index in [-0.39, 0.29) is 11.8 Å². The second-order valence-corrected chi connectivity index (χ2v) is 6.24. The van der Waals surface area contributed by atoms with Gasteiger partial charge in [0.25, 0.3) is 5.91 Å². The molecule has 2 amide bonds. The van der Waals surface area contributed by atoms with Gasteiger partial charge in [0.05, 0.1) is 0 Å². The first kappa shape index (κ1) is 20.2. The lowest BCUT2D eigenvalue weighted by molar-refractivity contribution is -0.121. The molecule has 0 aliphatic heterocycles. The van der Waals surface area contributed by atoms with Crippen LogP contribution in [-0.4, -0.2) is 42.1 Å². The fourth-order valence-electron chi connectivity index (χ4n) is 2.11. The van der Waals surface area contributed by atoms with Gasteiger partial charge in [-0.3, -0.25) is 9.59 Å². The highest BCUT2D eigenvalue weighted by atomic mass is 16.4. The zero-order valence-electron chi connectivity index (χ0n) is 14.4. The molecule has 1 rings (SSSR count). The molecule has 4 N–H and O–H groups in total. The summed E-state index contributed by atoms with van der Waals surface area (Å²) >= 11 is 0. The lowest BCUT2D eigenvalue weighted by Crippen LogP contribution is -2.30. The maximum Gasteiger partial charge on any atom is 0.488 e. The van der Waals surface area contributed by atoms with Crippen LogP contribution in [0.5, 0.6) is 0 Å². The number of benzene rings is 1. The summed E-state index contributed by atoms with van der Waals surface area (Å²) < 4.78 is 0. The van der Waals surface area contributed by atoms with Gasteiger partial charge in [0, 0.05) is 25.1 Å². The fraction of sp³-hybridized carbons (Fsp3) is 0.529. The predicted molar refractivity (Wildman–Crippen MR) is 94.9 cm³/mol. The molecular formula is C17H27BN2O4. The Bertz CT molecular complexity index is 518. The topological polar surface area (TPSA) is 98.7 Å². The van der Waals surface area contributed by atoms with Gasteiger partial charge in [-0.1, -0.05) is 26.0 Å². The van der Waals surface area contributed by atoms with Crippen LogP contribution in [0.3, 0.4) is 0 Å². The Labute approximate surface area is 143 Å². The summed E-state index contributed by atoms with van der Waals surface area (Å²) in [6.45, 7) is 5.46. The number of nitrogens with one attached hydrogen (secondary N) is 2. The van der Waals surface area contributed by atoms with Gasteiger partial charge in [0.1, 0.15) is 0 Å². The second-order valence-electron chi connectivity index (χ2n) is 6.24. The van der Waals surface area contributed by atoms with E-state index in [4.69, 9.17) is 10.0 Å². The van der Waals surface area contributed by atoms with E-state index in [0.29, 0.717) is 36.5 Å². The van der Waals surface area contributed by atoms with Crippen LogP contribution in [0.1, 0.15) is 49.9 Å². The summed E-state index contributed by atoms with van der Waals surface area (Å²) in [7, 11) is -1.53. The zero-order valence-corrected chi connectivity index (χ0v) is 14.4. The largest absolute Gasteiger partial charge is 0.488 e. The van der Waals surface area contributed by atoms with Crippen LogP contribution in [-0.2, 0) is 4.79 Å². The van der Waals surface area contributed by atoms with Gasteiger partial charge in [-0.25, -0.2) is 0 Å². The molecule has 1 aromatic carbocycles. The normalized spacial score (nSPS) is 10.5. The zero-order chi connectivity index (χ0) is 17.9. The number of carbonyl (C=O) groups is 2. The molecular weight excluding hydrogens is 307 g/mol. The van der Waals surface area contributed by atoms with Crippen molar-refractivity contribution < 1.29 is 19.6 Å². The van der Waals surface area contributed by atoms with Crippen molar-refractivity contribution in [2.75, 3.05) is 13.1 Å². The van der Waals surface area contributed by atoms with Crippen LogP contribution in [0.15, 0.2) is 24.3 Å².